The number of nitrogens with zero attached hydrogens (tertiary/aromatic N) is 2. The fourth-order valence-electron chi connectivity index (χ4n) is 1.35. The third-order valence-electron chi connectivity index (χ3n) is 2.07. The second kappa shape index (κ2) is 8.92. The normalized spacial score (nSPS) is 10.1. The maximum Gasteiger partial charge on any atom is 0.300 e. The van der Waals surface area contributed by atoms with Crippen LogP contribution in [0.15, 0.2) is 28.4 Å². The summed E-state index contributed by atoms with van der Waals surface area (Å²) in [6.07, 6.45) is 1.57. The third-order valence-corrected chi connectivity index (χ3v) is 2.40. The summed E-state index contributed by atoms with van der Waals surface area (Å²) >= 11 is 6.09. The molecular formula is C13H19ClN4O2. The van der Waals surface area contributed by atoms with E-state index < -0.39 is 5.97 Å². The van der Waals surface area contributed by atoms with Crippen LogP contribution in [-0.2, 0) is 4.79 Å². The van der Waals surface area contributed by atoms with E-state index in [-0.39, 0.29) is 5.96 Å². The van der Waals surface area contributed by atoms with Gasteiger partial charge in [-0.05, 0) is 17.5 Å². The van der Waals surface area contributed by atoms with Gasteiger partial charge in [-0.3, -0.25) is 4.79 Å². The molecule has 0 aromatic heterocycles. The van der Waals surface area contributed by atoms with E-state index in [1.165, 1.54) is 0 Å². The largest absolute Gasteiger partial charge is 0.481 e. The number of benzene rings is 1. The number of halogens is 1. The summed E-state index contributed by atoms with van der Waals surface area (Å²) in [4.78, 5) is 9.00. The Morgan fingerprint density at radius 2 is 1.95 bits per heavy atom. The number of guanidine groups is 1. The lowest BCUT2D eigenvalue weighted by Crippen LogP contribution is -2.21. The minimum absolute atomic E-state index is 0.0746. The van der Waals surface area contributed by atoms with Gasteiger partial charge in [0.15, 0.2) is 0 Å². The zero-order chi connectivity index (χ0) is 15.7. The van der Waals surface area contributed by atoms with Crippen molar-refractivity contribution in [1.29, 1.82) is 0 Å². The summed E-state index contributed by atoms with van der Waals surface area (Å²) < 4.78 is 0. The fraction of sp³-hybridized carbons (Fsp3) is 0.308. The molecule has 0 spiro atoms. The Kier molecular flexibility index (Phi) is 8.00. The van der Waals surface area contributed by atoms with E-state index in [1.807, 2.05) is 18.2 Å². The first kappa shape index (κ1) is 17.9. The minimum Gasteiger partial charge on any atom is -0.481 e. The molecule has 0 saturated heterocycles. The summed E-state index contributed by atoms with van der Waals surface area (Å²) in [5.74, 6) is -0.547. The fourth-order valence-corrected chi connectivity index (χ4v) is 1.58. The molecule has 0 heterocycles. The van der Waals surface area contributed by atoms with Gasteiger partial charge in [0.05, 0.1) is 6.21 Å². The first-order valence-electron chi connectivity index (χ1n) is 5.85. The van der Waals surface area contributed by atoms with Crippen molar-refractivity contribution in [2.45, 2.75) is 26.7 Å². The molecule has 6 nitrogen and oxygen atoms in total. The van der Waals surface area contributed by atoms with Crippen molar-refractivity contribution in [2.75, 3.05) is 0 Å². The number of rotatable bonds is 3. The van der Waals surface area contributed by atoms with Crippen molar-refractivity contribution in [3.8, 4) is 0 Å². The van der Waals surface area contributed by atoms with E-state index in [2.05, 4.69) is 24.1 Å². The van der Waals surface area contributed by atoms with Crippen LogP contribution in [0, 0.1) is 0 Å². The molecular weight excluding hydrogens is 280 g/mol. The van der Waals surface area contributed by atoms with Crippen LogP contribution in [-0.4, -0.2) is 23.2 Å². The van der Waals surface area contributed by atoms with E-state index >= 15 is 0 Å². The molecule has 1 aromatic rings. The molecule has 20 heavy (non-hydrogen) atoms. The maximum absolute atomic E-state index is 9.00. The van der Waals surface area contributed by atoms with E-state index in [0.29, 0.717) is 10.9 Å². The van der Waals surface area contributed by atoms with Gasteiger partial charge in [-0.25, -0.2) is 0 Å². The first-order chi connectivity index (χ1) is 9.25. The number of hydrogen-bond donors (Lipinski definition) is 3. The van der Waals surface area contributed by atoms with Gasteiger partial charge in [0.1, 0.15) is 0 Å². The highest BCUT2D eigenvalue weighted by Gasteiger charge is 2.07. The van der Waals surface area contributed by atoms with Crippen LogP contribution < -0.4 is 11.5 Å². The van der Waals surface area contributed by atoms with Crippen LogP contribution in [0.1, 0.15) is 37.8 Å². The number of carbonyl (C=O) groups is 1. The Bertz CT molecular complexity index is 505. The molecule has 7 heteroatoms. The van der Waals surface area contributed by atoms with Crippen LogP contribution in [0.25, 0.3) is 0 Å². The van der Waals surface area contributed by atoms with E-state index in [0.717, 1.165) is 18.1 Å². The van der Waals surface area contributed by atoms with E-state index in [1.54, 1.807) is 6.21 Å². The van der Waals surface area contributed by atoms with Gasteiger partial charge in [-0.1, -0.05) is 37.6 Å². The Morgan fingerprint density at radius 1 is 1.40 bits per heavy atom. The Labute approximate surface area is 123 Å². The van der Waals surface area contributed by atoms with Gasteiger partial charge in [0.25, 0.3) is 5.97 Å². The highest BCUT2D eigenvalue weighted by molar-refractivity contribution is 6.33. The zero-order valence-electron chi connectivity index (χ0n) is 11.7. The zero-order valence-corrected chi connectivity index (χ0v) is 12.4. The topological polar surface area (TPSA) is 114 Å². The second-order valence-corrected chi connectivity index (χ2v) is 4.59. The van der Waals surface area contributed by atoms with Crippen LogP contribution >= 0.6 is 11.6 Å². The lowest BCUT2D eigenvalue weighted by atomic mass is 9.98. The van der Waals surface area contributed by atoms with Crippen LogP contribution in [0.3, 0.4) is 0 Å². The molecule has 5 N–H and O–H groups in total. The van der Waals surface area contributed by atoms with Crippen LogP contribution in [0.4, 0.5) is 0 Å². The van der Waals surface area contributed by atoms with Gasteiger partial charge in [-0.2, -0.15) is 5.10 Å². The Morgan fingerprint density at radius 3 is 2.40 bits per heavy atom. The highest BCUT2D eigenvalue weighted by atomic mass is 35.5. The summed E-state index contributed by atoms with van der Waals surface area (Å²) in [7, 11) is 0. The quantitative estimate of drug-likeness (QED) is 0.450. The molecule has 0 unspecified atom stereocenters. The maximum atomic E-state index is 9.00. The van der Waals surface area contributed by atoms with Crippen molar-refractivity contribution in [3.63, 3.8) is 0 Å². The minimum atomic E-state index is -0.833. The SMILES string of the molecule is CC(=O)O.CC(C)c1cccc(Cl)c1C=NN=C(N)N. The second-order valence-electron chi connectivity index (χ2n) is 4.19. The van der Waals surface area contributed by atoms with Crippen molar-refractivity contribution in [1.82, 2.24) is 0 Å². The first-order valence-corrected chi connectivity index (χ1v) is 6.23. The number of aliphatic carboxylic acids is 1. The van der Waals surface area contributed by atoms with Gasteiger partial charge >= 0.3 is 0 Å². The molecule has 0 saturated carbocycles. The number of nitrogens with two attached hydrogens (primary N) is 2. The van der Waals surface area contributed by atoms with Crippen molar-refractivity contribution < 1.29 is 9.90 Å². The molecule has 0 amide bonds. The van der Waals surface area contributed by atoms with Gasteiger partial charge in [0.2, 0.25) is 5.96 Å². The van der Waals surface area contributed by atoms with E-state index in [9.17, 15) is 0 Å². The molecule has 0 aliphatic rings. The molecule has 0 fully saturated rings. The van der Waals surface area contributed by atoms with Crippen molar-refractivity contribution >= 4 is 29.7 Å². The molecule has 0 aliphatic heterocycles. The molecule has 0 aliphatic carbocycles. The molecule has 110 valence electrons. The summed E-state index contributed by atoms with van der Waals surface area (Å²) in [6.45, 7) is 5.26. The summed E-state index contributed by atoms with van der Waals surface area (Å²) in [6, 6.07) is 5.73. The number of carboxylic acids is 1. The van der Waals surface area contributed by atoms with Gasteiger partial charge < -0.3 is 16.6 Å². The van der Waals surface area contributed by atoms with Crippen molar-refractivity contribution in [2.24, 2.45) is 21.7 Å². The number of carboxylic acid groups (broad SMARTS) is 1. The molecule has 1 aromatic carbocycles. The molecule has 0 bridgehead atoms. The van der Waals surface area contributed by atoms with Crippen LogP contribution in [0.5, 0.6) is 0 Å². The van der Waals surface area contributed by atoms with Gasteiger partial charge in [0, 0.05) is 17.5 Å². The predicted octanol–water partition coefficient (Wildman–Crippen LogP) is 2.16. The average Bonchev–Trinajstić information content (AvgIpc) is 2.29. The monoisotopic (exact) mass is 298 g/mol. The lowest BCUT2D eigenvalue weighted by Gasteiger charge is -2.10. The average molecular weight is 299 g/mol. The Hall–Kier alpha value is -2.08. The summed E-state index contributed by atoms with van der Waals surface area (Å²) in [5.41, 5.74) is 12.3. The highest BCUT2D eigenvalue weighted by Crippen LogP contribution is 2.24. The molecule has 1 rings (SSSR count). The van der Waals surface area contributed by atoms with Gasteiger partial charge in [-0.15, -0.1) is 5.10 Å². The number of hydrogen-bond acceptors (Lipinski definition) is 3. The predicted molar refractivity (Wildman–Crippen MR) is 82.3 cm³/mol. The van der Waals surface area contributed by atoms with E-state index in [4.69, 9.17) is 33.0 Å². The third kappa shape index (κ3) is 7.38. The standard InChI is InChI=1S/C11H15ClN4.C2H4O2/c1-7(2)8-4-3-5-10(12)9(8)6-15-16-11(13)14;1-2(3)4/h3-7H,1-2H3,(H4,13,14,16);1H3,(H,3,4). The molecule has 0 radical (unpaired) electrons. The smallest absolute Gasteiger partial charge is 0.300 e. The van der Waals surface area contributed by atoms with Crippen LogP contribution in [0.2, 0.25) is 5.02 Å². The van der Waals surface area contributed by atoms with Crippen molar-refractivity contribution in [3.05, 3.63) is 34.3 Å². The molecule has 0 atom stereocenters. The Balaban J connectivity index is 0.000000796. The lowest BCUT2D eigenvalue weighted by molar-refractivity contribution is -0.134. The summed E-state index contributed by atoms with van der Waals surface area (Å²) in [5, 5.41) is 15.4.